The van der Waals surface area contributed by atoms with Crippen molar-refractivity contribution in [2.24, 2.45) is 10.7 Å². The Morgan fingerprint density at radius 2 is 2.06 bits per heavy atom. The summed E-state index contributed by atoms with van der Waals surface area (Å²) in [6.45, 7) is 6.10. The Labute approximate surface area is 107 Å². The van der Waals surface area contributed by atoms with Crippen LogP contribution in [0.5, 0.6) is 0 Å². The number of nitrogens with one attached hydrogen (secondary N) is 1. The number of hydrogen-bond acceptors (Lipinski definition) is 2. The summed E-state index contributed by atoms with van der Waals surface area (Å²) in [5.74, 6) is 0.283. The summed E-state index contributed by atoms with van der Waals surface area (Å²) in [7, 11) is 0. The molecule has 0 aromatic heterocycles. The average molecular weight is 246 g/mol. The number of amides is 1. The minimum absolute atomic E-state index is 0.0826. The summed E-state index contributed by atoms with van der Waals surface area (Å²) >= 11 is 0. The summed E-state index contributed by atoms with van der Waals surface area (Å²) in [5.41, 5.74) is 7.38. The lowest BCUT2D eigenvalue weighted by molar-refractivity contribution is -0.115. The zero-order valence-corrected chi connectivity index (χ0v) is 10.9. The van der Waals surface area contributed by atoms with Crippen molar-refractivity contribution in [2.75, 3.05) is 16.8 Å². The maximum Gasteiger partial charge on any atom is 0.244 e. The second kappa shape index (κ2) is 4.33. The molecule has 0 atom stereocenters. The van der Waals surface area contributed by atoms with Crippen LogP contribution in [-0.4, -0.2) is 24.0 Å². The molecule has 2 rings (SSSR count). The van der Waals surface area contributed by atoms with Gasteiger partial charge in [0.05, 0.1) is 16.9 Å². The Hall–Kier alpha value is -2.04. The molecule has 0 spiro atoms. The van der Waals surface area contributed by atoms with Gasteiger partial charge >= 0.3 is 0 Å². The number of aliphatic imine (C=N–C) groups is 1. The second-order valence-electron chi connectivity index (χ2n) is 5.29. The standard InChI is InChI=1S/C13H18N4O/c1-13(2,3)16-12(14)17-8-11(18)15-9-6-4-5-7-10(9)17/h4-7H,8H2,1-3H3,(H2,14,16)(H,15,18). The van der Waals surface area contributed by atoms with Crippen LogP contribution in [0.3, 0.4) is 0 Å². The number of para-hydroxylation sites is 2. The minimum Gasteiger partial charge on any atom is -0.369 e. The second-order valence-corrected chi connectivity index (χ2v) is 5.29. The fourth-order valence-electron chi connectivity index (χ4n) is 1.84. The molecule has 0 unspecified atom stereocenters. The number of hydrogen-bond donors (Lipinski definition) is 2. The molecule has 1 aliphatic heterocycles. The molecule has 1 aromatic carbocycles. The summed E-state index contributed by atoms with van der Waals surface area (Å²) in [6.07, 6.45) is 0. The third kappa shape index (κ3) is 2.61. The molecule has 18 heavy (non-hydrogen) atoms. The Balaban J connectivity index is 2.40. The van der Waals surface area contributed by atoms with Crippen molar-refractivity contribution in [1.82, 2.24) is 0 Å². The normalized spacial score (nSPS) is 16.3. The van der Waals surface area contributed by atoms with E-state index in [4.69, 9.17) is 5.73 Å². The zero-order valence-electron chi connectivity index (χ0n) is 10.9. The molecule has 3 N–H and O–H groups in total. The highest BCUT2D eigenvalue weighted by Crippen LogP contribution is 2.28. The van der Waals surface area contributed by atoms with Gasteiger partial charge in [0.2, 0.25) is 5.91 Å². The molecule has 5 nitrogen and oxygen atoms in total. The number of anilines is 2. The Morgan fingerprint density at radius 3 is 2.72 bits per heavy atom. The fraction of sp³-hybridized carbons (Fsp3) is 0.385. The molecule has 5 heteroatoms. The largest absolute Gasteiger partial charge is 0.369 e. The number of rotatable bonds is 0. The quantitative estimate of drug-likeness (QED) is 0.539. The van der Waals surface area contributed by atoms with Crippen molar-refractivity contribution >= 4 is 23.2 Å². The molecule has 1 aromatic rings. The van der Waals surface area contributed by atoms with Crippen molar-refractivity contribution in [3.05, 3.63) is 24.3 Å². The molecule has 0 bridgehead atoms. The SMILES string of the molecule is CC(C)(C)N=C(N)N1CC(=O)Nc2ccccc21. The van der Waals surface area contributed by atoms with E-state index in [9.17, 15) is 4.79 Å². The van der Waals surface area contributed by atoms with E-state index in [1.807, 2.05) is 45.0 Å². The van der Waals surface area contributed by atoms with Crippen molar-refractivity contribution in [2.45, 2.75) is 26.3 Å². The van der Waals surface area contributed by atoms with Gasteiger partial charge in [-0.3, -0.25) is 4.79 Å². The van der Waals surface area contributed by atoms with Gasteiger partial charge in [-0.1, -0.05) is 12.1 Å². The lowest BCUT2D eigenvalue weighted by Crippen LogP contribution is -2.46. The van der Waals surface area contributed by atoms with Crippen LogP contribution >= 0.6 is 0 Å². The Bertz CT molecular complexity index is 502. The molecule has 1 amide bonds. The number of carbonyl (C=O) groups excluding carboxylic acids is 1. The molecule has 1 heterocycles. The number of carbonyl (C=O) groups is 1. The topological polar surface area (TPSA) is 70.7 Å². The number of nitrogens with zero attached hydrogens (tertiary/aromatic N) is 2. The first-order valence-electron chi connectivity index (χ1n) is 5.88. The molecular formula is C13H18N4O. The molecule has 0 radical (unpaired) electrons. The summed E-state index contributed by atoms with van der Waals surface area (Å²) in [5, 5.41) is 2.82. The Kier molecular flexibility index (Phi) is 2.98. The Morgan fingerprint density at radius 1 is 1.39 bits per heavy atom. The van der Waals surface area contributed by atoms with E-state index in [2.05, 4.69) is 10.3 Å². The zero-order chi connectivity index (χ0) is 13.3. The van der Waals surface area contributed by atoms with Crippen LogP contribution in [0, 0.1) is 0 Å². The lowest BCUT2D eigenvalue weighted by atomic mass is 10.1. The molecule has 96 valence electrons. The van der Waals surface area contributed by atoms with Gasteiger partial charge in [-0.05, 0) is 32.9 Å². The first kappa shape index (κ1) is 12.4. The van der Waals surface area contributed by atoms with E-state index in [1.165, 1.54) is 0 Å². The summed E-state index contributed by atoms with van der Waals surface area (Å²) in [6, 6.07) is 7.55. The van der Waals surface area contributed by atoms with Gasteiger partial charge in [0.25, 0.3) is 0 Å². The van der Waals surface area contributed by atoms with Gasteiger partial charge in [-0.2, -0.15) is 0 Å². The van der Waals surface area contributed by atoms with Gasteiger partial charge in [0, 0.05) is 0 Å². The highest BCUT2D eigenvalue weighted by molar-refractivity contribution is 6.10. The minimum atomic E-state index is -0.271. The number of nitrogens with two attached hydrogens (primary N) is 1. The van der Waals surface area contributed by atoms with Crippen LogP contribution in [0.2, 0.25) is 0 Å². The summed E-state index contributed by atoms with van der Waals surface area (Å²) < 4.78 is 0. The predicted octanol–water partition coefficient (Wildman–Crippen LogP) is 1.56. The highest BCUT2D eigenvalue weighted by Gasteiger charge is 2.24. The average Bonchev–Trinajstić information content (AvgIpc) is 2.25. The first-order valence-corrected chi connectivity index (χ1v) is 5.88. The molecule has 1 aliphatic rings. The molecular weight excluding hydrogens is 228 g/mol. The third-order valence-corrected chi connectivity index (χ3v) is 2.50. The van der Waals surface area contributed by atoms with Crippen LogP contribution in [0.1, 0.15) is 20.8 Å². The third-order valence-electron chi connectivity index (χ3n) is 2.50. The fourth-order valence-corrected chi connectivity index (χ4v) is 1.84. The van der Waals surface area contributed by atoms with Gasteiger partial charge in [-0.25, -0.2) is 4.99 Å². The smallest absolute Gasteiger partial charge is 0.244 e. The van der Waals surface area contributed by atoms with Crippen molar-refractivity contribution in [1.29, 1.82) is 0 Å². The maximum absolute atomic E-state index is 11.6. The number of benzene rings is 1. The van der Waals surface area contributed by atoms with Crippen LogP contribution in [0.25, 0.3) is 0 Å². The van der Waals surface area contributed by atoms with E-state index >= 15 is 0 Å². The van der Waals surface area contributed by atoms with E-state index in [0.717, 1.165) is 11.4 Å². The first-order chi connectivity index (χ1) is 8.37. The van der Waals surface area contributed by atoms with Crippen LogP contribution < -0.4 is 16.0 Å². The number of fused-ring (bicyclic) bond motifs is 1. The van der Waals surface area contributed by atoms with Gasteiger partial charge in [0.15, 0.2) is 5.96 Å². The van der Waals surface area contributed by atoms with E-state index < -0.39 is 0 Å². The lowest BCUT2D eigenvalue weighted by Gasteiger charge is -2.31. The predicted molar refractivity (Wildman–Crippen MR) is 73.8 cm³/mol. The van der Waals surface area contributed by atoms with E-state index in [0.29, 0.717) is 5.96 Å². The summed E-state index contributed by atoms with van der Waals surface area (Å²) in [4.78, 5) is 17.8. The van der Waals surface area contributed by atoms with Gasteiger partial charge in [0.1, 0.15) is 6.54 Å². The van der Waals surface area contributed by atoms with Crippen LogP contribution in [-0.2, 0) is 4.79 Å². The molecule has 0 aliphatic carbocycles. The van der Waals surface area contributed by atoms with Crippen LogP contribution in [0.15, 0.2) is 29.3 Å². The number of guanidine groups is 1. The van der Waals surface area contributed by atoms with Gasteiger partial charge < -0.3 is 16.0 Å². The molecule has 0 saturated heterocycles. The van der Waals surface area contributed by atoms with Gasteiger partial charge in [-0.15, -0.1) is 0 Å². The van der Waals surface area contributed by atoms with Crippen molar-refractivity contribution in [3.63, 3.8) is 0 Å². The molecule has 0 fully saturated rings. The highest BCUT2D eigenvalue weighted by atomic mass is 16.2. The molecule has 0 saturated carbocycles. The van der Waals surface area contributed by atoms with E-state index in [-0.39, 0.29) is 18.0 Å². The van der Waals surface area contributed by atoms with E-state index in [1.54, 1.807) is 4.90 Å². The van der Waals surface area contributed by atoms with Crippen molar-refractivity contribution in [3.8, 4) is 0 Å². The van der Waals surface area contributed by atoms with Crippen molar-refractivity contribution < 1.29 is 4.79 Å². The monoisotopic (exact) mass is 246 g/mol. The van der Waals surface area contributed by atoms with Crippen LogP contribution in [0.4, 0.5) is 11.4 Å². The maximum atomic E-state index is 11.6.